The molecular formula is C14H18N2O4. The molecule has 0 fully saturated rings. The molecule has 1 aromatic rings. The Balaban J connectivity index is 2.17. The summed E-state index contributed by atoms with van der Waals surface area (Å²) in [6.07, 6.45) is 0. The summed E-state index contributed by atoms with van der Waals surface area (Å²) in [4.78, 5) is 24.9. The lowest BCUT2D eigenvalue weighted by molar-refractivity contribution is -0.118. The summed E-state index contributed by atoms with van der Waals surface area (Å²) in [5, 5.41) is 12.4. The summed E-state index contributed by atoms with van der Waals surface area (Å²) in [7, 11) is 1.63. The Hall–Kier alpha value is -2.08. The first-order valence-electron chi connectivity index (χ1n) is 6.31. The second-order valence-electron chi connectivity index (χ2n) is 5.52. The molecule has 0 aliphatic carbocycles. The van der Waals surface area contributed by atoms with Crippen molar-refractivity contribution in [2.75, 3.05) is 25.5 Å². The maximum atomic E-state index is 12.2. The van der Waals surface area contributed by atoms with E-state index in [0.717, 1.165) is 0 Å². The van der Waals surface area contributed by atoms with Crippen molar-refractivity contribution in [2.24, 2.45) is 0 Å². The standard InChI is InChI=1S/C14H18N2O4/c1-14(2,19)8-16(3)13(18)9-4-5-10-11(6-9)20-7-12(17)15-10/h4-6,19H,7-8H2,1-3H3,(H,15,17). The molecule has 1 heterocycles. The molecule has 0 bridgehead atoms. The molecule has 2 N–H and O–H groups in total. The van der Waals surface area contributed by atoms with Gasteiger partial charge in [-0.15, -0.1) is 0 Å². The Labute approximate surface area is 117 Å². The van der Waals surface area contributed by atoms with Crippen molar-refractivity contribution >= 4 is 17.5 Å². The van der Waals surface area contributed by atoms with Crippen LogP contribution in [0.5, 0.6) is 5.75 Å². The predicted molar refractivity (Wildman–Crippen MR) is 73.8 cm³/mol. The monoisotopic (exact) mass is 278 g/mol. The van der Waals surface area contributed by atoms with Crippen LogP contribution < -0.4 is 10.1 Å². The van der Waals surface area contributed by atoms with Gasteiger partial charge in [-0.3, -0.25) is 9.59 Å². The van der Waals surface area contributed by atoms with Crippen molar-refractivity contribution in [3.8, 4) is 5.75 Å². The second kappa shape index (κ2) is 5.13. The van der Waals surface area contributed by atoms with Crippen molar-refractivity contribution in [1.29, 1.82) is 0 Å². The molecule has 108 valence electrons. The van der Waals surface area contributed by atoms with E-state index in [4.69, 9.17) is 4.74 Å². The fourth-order valence-corrected chi connectivity index (χ4v) is 2.08. The van der Waals surface area contributed by atoms with Gasteiger partial charge >= 0.3 is 0 Å². The minimum Gasteiger partial charge on any atom is -0.482 e. The van der Waals surface area contributed by atoms with Gasteiger partial charge in [0.05, 0.1) is 11.3 Å². The number of nitrogens with one attached hydrogen (secondary N) is 1. The third kappa shape index (κ3) is 3.27. The number of carbonyl (C=O) groups excluding carboxylic acids is 2. The van der Waals surface area contributed by atoms with Crippen molar-refractivity contribution in [2.45, 2.75) is 19.4 Å². The Morgan fingerprint density at radius 2 is 2.20 bits per heavy atom. The molecular weight excluding hydrogens is 260 g/mol. The number of rotatable bonds is 3. The maximum absolute atomic E-state index is 12.2. The third-order valence-corrected chi connectivity index (χ3v) is 2.83. The van der Waals surface area contributed by atoms with Gasteiger partial charge in [-0.05, 0) is 32.0 Å². The van der Waals surface area contributed by atoms with E-state index in [1.54, 1.807) is 39.1 Å². The summed E-state index contributed by atoms with van der Waals surface area (Å²) in [6, 6.07) is 4.85. The van der Waals surface area contributed by atoms with Gasteiger partial charge in [-0.1, -0.05) is 0 Å². The number of fused-ring (bicyclic) bond motifs is 1. The molecule has 0 atom stereocenters. The number of benzene rings is 1. The van der Waals surface area contributed by atoms with E-state index in [2.05, 4.69) is 5.32 Å². The lowest BCUT2D eigenvalue weighted by Crippen LogP contribution is -2.39. The Morgan fingerprint density at radius 1 is 1.50 bits per heavy atom. The van der Waals surface area contributed by atoms with Crippen LogP contribution in [0.1, 0.15) is 24.2 Å². The molecule has 0 unspecified atom stereocenters. The average Bonchev–Trinajstić information content (AvgIpc) is 2.35. The molecule has 2 amide bonds. The number of anilines is 1. The van der Waals surface area contributed by atoms with Crippen LogP contribution in [0.2, 0.25) is 0 Å². The van der Waals surface area contributed by atoms with Crippen LogP contribution in [0.25, 0.3) is 0 Å². The van der Waals surface area contributed by atoms with Crippen LogP contribution in [0.15, 0.2) is 18.2 Å². The Bertz CT molecular complexity index is 549. The Morgan fingerprint density at radius 3 is 2.85 bits per heavy atom. The van der Waals surface area contributed by atoms with Gasteiger partial charge in [0.2, 0.25) is 0 Å². The zero-order valence-electron chi connectivity index (χ0n) is 11.8. The maximum Gasteiger partial charge on any atom is 0.262 e. The van der Waals surface area contributed by atoms with E-state index in [0.29, 0.717) is 17.0 Å². The van der Waals surface area contributed by atoms with Crippen molar-refractivity contribution in [3.63, 3.8) is 0 Å². The van der Waals surface area contributed by atoms with Gasteiger partial charge in [-0.25, -0.2) is 0 Å². The van der Waals surface area contributed by atoms with Crippen LogP contribution in [0, 0.1) is 0 Å². The molecule has 6 nitrogen and oxygen atoms in total. The number of likely N-dealkylation sites (N-methyl/N-ethyl adjacent to an activating group) is 1. The second-order valence-corrected chi connectivity index (χ2v) is 5.52. The number of aliphatic hydroxyl groups is 1. The quantitative estimate of drug-likeness (QED) is 0.859. The molecule has 6 heteroatoms. The topological polar surface area (TPSA) is 78.9 Å². The van der Waals surface area contributed by atoms with Gasteiger partial charge in [0.1, 0.15) is 5.75 Å². The van der Waals surface area contributed by atoms with Gasteiger partial charge in [0.25, 0.3) is 11.8 Å². The van der Waals surface area contributed by atoms with Crippen molar-refractivity contribution in [1.82, 2.24) is 4.90 Å². The SMILES string of the molecule is CN(CC(C)(C)O)C(=O)c1ccc2c(c1)OCC(=O)N2. The third-order valence-electron chi connectivity index (χ3n) is 2.83. The van der Waals surface area contributed by atoms with E-state index in [9.17, 15) is 14.7 Å². The minimum atomic E-state index is -0.955. The molecule has 0 saturated carbocycles. The van der Waals surface area contributed by atoms with Crippen LogP contribution >= 0.6 is 0 Å². The summed E-state index contributed by atoms with van der Waals surface area (Å²) in [5.74, 6) is 0.0539. The highest BCUT2D eigenvalue weighted by Crippen LogP contribution is 2.28. The molecule has 0 radical (unpaired) electrons. The first kappa shape index (κ1) is 14.3. The average molecular weight is 278 g/mol. The van der Waals surface area contributed by atoms with Gasteiger partial charge in [0.15, 0.2) is 6.61 Å². The van der Waals surface area contributed by atoms with E-state index in [-0.39, 0.29) is 25.0 Å². The zero-order chi connectivity index (χ0) is 14.9. The Kier molecular flexibility index (Phi) is 3.67. The van der Waals surface area contributed by atoms with Gasteiger partial charge in [0, 0.05) is 19.2 Å². The van der Waals surface area contributed by atoms with Gasteiger partial charge < -0.3 is 20.1 Å². The number of hydrogen-bond acceptors (Lipinski definition) is 4. The normalized spacial score (nSPS) is 14.1. The summed E-state index contributed by atoms with van der Waals surface area (Å²) >= 11 is 0. The van der Waals surface area contributed by atoms with E-state index in [1.807, 2.05) is 0 Å². The fraction of sp³-hybridized carbons (Fsp3) is 0.429. The van der Waals surface area contributed by atoms with Gasteiger partial charge in [-0.2, -0.15) is 0 Å². The predicted octanol–water partition coefficient (Wildman–Crippen LogP) is 0.860. The summed E-state index contributed by atoms with van der Waals surface area (Å²) < 4.78 is 5.28. The van der Waals surface area contributed by atoms with Crippen LogP contribution in [0.4, 0.5) is 5.69 Å². The highest BCUT2D eigenvalue weighted by atomic mass is 16.5. The van der Waals surface area contributed by atoms with E-state index in [1.165, 1.54) is 4.90 Å². The first-order valence-corrected chi connectivity index (χ1v) is 6.31. The molecule has 1 aliphatic heterocycles. The van der Waals surface area contributed by atoms with Crippen LogP contribution in [-0.4, -0.2) is 47.6 Å². The van der Waals surface area contributed by atoms with Crippen LogP contribution in [0.3, 0.4) is 0 Å². The summed E-state index contributed by atoms with van der Waals surface area (Å²) in [5.41, 5.74) is 0.0536. The number of nitrogens with zero attached hydrogens (tertiary/aromatic N) is 1. The lowest BCUT2D eigenvalue weighted by atomic mass is 10.1. The smallest absolute Gasteiger partial charge is 0.262 e. The molecule has 1 aromatic carbocycles. The first-order chi connectivity index (χ1) is 9.26. The number of amides is 2. The van der Waals surface area contributed by atoms with Crippen molar-refractivity contribution < 1.29 is 19.4 Å². The number of hydrogen-bond donors (Lipinski definition) is 2. The molecule has 2 rings (SSSR count). The molecule has 0 saturated heterocycles. The minimum absolute atomic E-state index is 0.0514. The lowest BCUT2D eigenvalue weighted by Gasteiger charge is -2.26. The molecule has 20 heavy (non-hydrogen) atoms. The largest absolute Gasteiger partial charge is 0.482 e. The van der Waals surface area contributed by atoms with E-state index >= 15 is 0 Å². The molecule has 1 aliphatic rings. The molecule has 0 spiro atoms. The van der Waals surface area contributed by atoms with E-state index < -0.39 is 5.60 Å². The van der Waals surface area contributed by atoms with Crippen LogP contribution in [-0.2, 0) is 4.79 Å². The molecule has 0 aromatic heterocycles. The number of carbonyl (C=O) groups is 2. The fourth-order valence-electron chi connectivity index (χ4n) is 2.08. The highest BCUT2D eigenvalue weighted by Gasteiger charge is 2.22. The number of ether oxygens (including phenoxy) is 1. The van der Waals surface area contributed by atoms with Crippen molar-refractivity contribution in [3.05, 3.63) is 23.8 Å². The zero-order valence-corrected chi connectivity index (χ0v) is 11.8. The highest BCUT2D eigenvalue weighted by molar-refractivity contribution is 5.98. The summed E-state index contributed by atoms with van der Waals surface area (Å²) in [6.45, 7) is 3.45.